The van der Waals surface area contributed by atoms with E-state index in [1.807, 2.05) is 30.3 Å². The average molecular weight is 324 g/mol. The van der Waals surface area contributed by atoms with Crippen LogP contribution >= 0.6 is 0 Å². The highest BCUT2D eigenvalue weighted by atomic mass is 16.5. The van der Waals surface area contributed by atoms with Gasteiger partial charge in [0.05, 0.1) is 19.2 Å². The molecule has 2 aromatic rings. The van der Waals surface area contributed by atoms with Crippen LogP contribution in [0.4, 0.5) is 11.4 Å². The number of nitrogens with zero attached hydrogens (tertiary/aromatic N) is 1. The summed E-state index contributed by atoms with van der Waals surface area (Å²) in [7, 11) is 1.34. The third-order valence-corrected chi connectivity index (χ3v) is 3.43. The van der Waals surface area contributed by atoms with Crippen molar-refractivity contribution >= 4 is 23.3 Å². The standard InChI is InChI=1S/C19H20N2O3/c1-3-13-21(17-7-5-4-6-8-17)18(22)14-20-16-11-9-15(10-12-16)19(23)24-2/h3-12,20H,1,13-14H2,2H3. The van der Waals surface area contributed by atoms with Crippen molar-refractivity contribution in [2.45, 2.75) is 0 Å². The Bertz CT molecular complexity index is 696. The Morgan fingerprint density at radius 3 is 2.38 bits per heavy atom. The van der Waals surface area contributed by atoms with Crippen molar-refractivity contribution in [3.05, 3.63) is 72.8 Å². The lowest BCUT2D eigenvalue weighted by atomic mass is 10.2. The number of carbonyl (C=O) groups is 2. The normalized spacial score (nSPS) is 9.88. The first-order valence-electron chi connectivity index (χ1n) is 7.54. The van der Waals surface area contributed by atoms with Gasteiger partial charge in [-0.15, -0.1) is 6.58 Å². The van der Waals surface area contributed by atoms with Crippen LogP contribution in [0.5, 0.6) is 0 Å². The van der Waals surface area contributed by atoms with Gasteiger partial charge < -0.3 is 15.0 Å². The first-order chi connectivity index (χ1) is 11.7. The summed E-state index contributed by atoms with van der Waals surface area (Å²) in [4.78, 5) is 25.5. The fourth-order valence-electron chi connectivity index (χ4n) is 2.20. The largest absolute Gasteiger partial charge is 0.465 e. The molecule has 0 saturated heterocycles. The van der Waals surface area contributed by atoms with Crippen LogP contribution < -0.4 is 10.2 Å². The Morgan fingerprint density at radius 1 is 1.12 bits per heavy atom. The van der Waals surface area contributed by atoms with Crippen molar-refractivity contribution in [2.75, 3.05) is 30.4 Å². The third kappa shape index (κ3) is 4.46. The molecule has 1 amide bonds. The van der Waals surface area contributed by atoms with Crippen LogP contribution in [0.3, 0.4) is 0 Å². The quantitative estimate of drug-likeness (QED) is 0.628. The van der Waals surface area contributed by atoms with Crippen molar-refractivity contribution in [1.82, 2.24) is 0 Å². The molecule has 2 aromatic carbocycles. The zero-order valence-electron chi connectivity index (χ0n) is 13.6. The van der Waals surface area contributed by atoms with Crippen LogP contribution in [0, 0.1) is 0 Å². The van der Waals surface area contributed by atoms with Gasteiger partial charge in [0, 0.05) is 17.9 Å². The molecule has 0 unspecified atom stereocenters. The maximum absolute atomic E-state index is 12.5. The Balaban J connectivity index is 2.00. The smallest absolute Gasteiger partial charge is 0.337 e. The number of methoxy groups -OCH3 is 1. The van der Waals surface area contributed by atoms with Gasteiger partial charge in [0.25, 0.3) is 0 Å². The summed E-state index contributed by atoms with van der Waals surface area (Å²) < 4.78 is 4.65. The van der Waals surface area contributed by atoms with Crippen LogP contribution in [0.15, 0.2) is 67.3 Å². The highest BCUT2D eigenvalue weighted by Crippen LogP contribution is 2.14. The number of benzene rings is 2. The molecule has 0 radical (unpaired) electrons. The second-order valence-electron chi connectivity index (χ2n) is 5.05. The van der Waals surface area contributed by atoms with Crippen LogP contribution in [-0.4, -0.2) is 32.1 Å². The second kappa shape index (κ2) is 8.53. The summed E-state index contributed by atoms with van der Waals surface area (Å²) in [5.74, 6) is -0.461. The number of rotatable bonds is 7. The molecule has 2 rings (SSSR count). The minimum Gasteiger partial charge on any atom is -0.465 e. The van der Waals surface area contributed by atoms with Crippen molar-refractivity contribution in [1.29, 1.82) is 0 Å². The first kappa shape index (κ1) is 17.3. The molecule has 0 heterocycles. The Hall–Kier alpha value is -3.08. The van der Waals surface area contributed by atoms with E-state index in [-0.39, 0.29) is 18.4 Å². The molecule has 1 N–H and O–H groups in total. The molecule has 0 aromatic heterocycles. The molecule has 0 aliphatic carbocycles. The van der Waals surface area contributed by atoms with Gasteiger partial charge in [0.1, 0.15) is 0 Å². The molecule has 0 aliphatic heterocycles. The predicted octanol–water partition coefficient (Wildman–Crippen LogP) is 3.10. The molecular formula is C19H20N2O3. The molecule has 0 saturated carbocycles. The summed E-state index contributed by atoms with van der Waals surface area (Å²) in [6.45, 7) is 4.28. The number of esters is 1. The van der Waals surface area contributed by atoms with Gasteiger partial charge >= 0.3 is 5.97 Å². The van der Waals surface area contributed by atoms with Crippen LogP contribution in [0.2, 0.25) is 0 Å². The molecule has 124 valence electrons. The topological polar surface area (TPSA) is 58.6 Å². The zero-order valence-corrected chi connectivity index (χ0v) is 13.6. The van der Waals surface area contributed by atoms with Crippen LogP contribution in [0.1, 0.15) is 10.4 Å². The molecular weight excluding hydrogens is 304 g/mol. The fourth-order valence-corrected chi connectivity index (χ4v) is 2.20. The molecule has 0 atom stereocenters. The summed E-state index contributed by atoms with van der Waals surface area (Å²) >= 11 is 0. The fraction of sp³-hybridized carbons (Fsp3) is 0.158. The summed E-state index contributed by atoms with van der Waals surface area (Å²) in [5.41, 5.74) is 2.04. The third-order valence-electron chi connectivity index (χ3n) is 3.43. The van der Waals surface area contributed by atoms with Crippen molar-refractivity contribution in [3.63, 3.8) is 0 Å². The SMILES string of the molecule is C=CCN(C(=O)CNc1ccc(C(=O)OC)cc1)c1ccccc1. The van der Waals surface area contributed by atoms with Gasteiger partial charge in [0.15, 0.2) is 0 Å². The van der Waals surface area contributed by atoms with E-state index in [1.54, 1.807) is 35.2 Å². The van der Waals surface area contributed by atoms with E-state index in [4.69, 9.17) is 0 Å². The van der Waals surface area contributed by atoms with Gasteiger partial charge in [-0.3, -0.25) is 4.79 Å². The summed E-state index contributed by atoms with van der Waals surface area (Å²) in [6.07, 6.45) is 1.69. The van der Waals surface area contributed by atoms with Crippen LogP contribution in [0.25, 0.3) is 0 Å². The average Bonchev–Trinajstić information content (AvgIpc) is 2.64. The minimum absolute atomic E-state index is 0.0712. The lowest BCUT2D eigenvalue weighted by Crippen LogP contribution is -2.35. The monoisotopic (exact) mass is 324 g/mol. The van der Waals surface area contributed by atoms with Crippen molar-refractivity contribution < 1.29 is 14.3 Å². The number of hydrogen-bond acceptors (Lipinski definition) is 4. The van der Waals surface area contributed by atoms with E-state index in [0.717, 1.165) is 11.4 Å². The summed E-state index contributed by atoms with van der Waals surface area (Å²) in [6, 6.07) is 16.2. The molecule has 0 spiro atoms. The lowest BCUT2D eigenvalue weighted by molar-refractivity contribution is -0.116. The molecule has 5 heteroatoms. The minimum atomic E-state index is -0.390. The molecule has 0 fully saturated rings. The molecule has 0 bridgehead atoms. The van der Waals surface area contributed by atoms with Gasteiger partial charge in [0.2, 0.25) is 5.91 Å². The molecule has 0 aliphatic rings. The number of hydrogen-bond donors (Lipinski definition) is 1. The second-order valence-corrected chi connectivity index (χ2v) is 5.05. The van der Waals surface area contributed by atoms with E-state index in [9.17, 15) is 9.59 Å². The molecule has 24 heavy (non-hydrogen) atoms. The first-order valence-corrected chi connectivity index (χ1v) is 7.54. The van der Waals surface area contributed by atoms with Gasteiger partial charge in [-0.2, -0.15) is 0 Å². The van der Waals surface area contributed by atoms with Crippen molar-refractivity contribution in [3.8, 4) is 0 Å². The number of para-hydroxylation sites is 1. The summed E-state index contributed by atoms with van der Waals surface area (Å²) in [5, 5.41) is 3.06. The van der Waals surface area contributed by atoms with E-state index in [0.29, 0.717) is 12.1 Å². The number of nitrogens with one attached hydrogen (secondary N) is 1. The highest BCUT2D eigenvalue weighted by molar-refractivity contribution is 5.96. The van der Waals surface area contributed by atoms with E-state index in [2.05, 4.69) is 16.6 Å². The van der Waals surface area contributed by atoms with Gasteiger partial charge in [-0.1, -0.05) is 24.3 Å². The predicted molar refractivity (Wildman–Crippen MR) is 95.3 cm³/mol. The number of amides is 1. The zero-order chi connectivity index (χ0) is 17.4. The van der Waals surface area contributed by atoms with Crippen LogP contribution in [-0.2, 0) is 9.53 Å². The molecule has 5 nitrogen and oxygen atoms in total. The maximum atomic E-state index is 12.5. The lowest BCUT2D eigenvalue weighted by Gasteiger charge is -2.21. The van der Waals surface area contributed by atoms with E-state index >= 15 is 0 Å². The van der Waals surface area contributed by atoms with E-state index < -0.39 is 0 Å². The Morgan fingerprint density at radius 2 is 1.79 bits per heavy atom. The van der Waals surface area contributed by atoms with Gasteiger partial charge in [-0.25, -0.2) is 4.79 Å². The van der Waals surface area contributed by atoms with Crippen molar-refractivity contribution in [2.24, 2.45) is 0 Å². The Labute approximate surface area is 141 Å². The maximum Gasteiger partial charge on any atom is 0.337 e. The van der Waals surface area contributed by atoms with E-state index in [1.165, 1.54) is 7.11 Å². The number of anilines is 2. The highest BCUT2D eigenvalue weighted by Gasteiger charge is 2.14. The number of ether oxygens (including phenoxy) is 1. The number of carbonyl (C=O) groups excluding carboxylic acids is 2. The van der Waals surface area contributed by atoms with Gasteiger partial charge in [-0.05, 0) is 36.4 Å². The Kier molecular flexibility index (Phi) is 6.14.